The number of nitrogens with zero attached hydrogens (tertiary/aromatic N) is 1. The van der Waals surface area contributed by atoms with Crippen molar-refractivity contribution >= 4 is 12.0 Å². The molecule has 0 bridgehead atoms. The Balaban J connectivity index is 1.66. The molecule has 2 aromatic rings. The van der Waals surface area contributed by atoms with E-state index in [9.17, 15) is 9.90 Å². The second kappa shape index (κ2) is 9.78. The number of likely N-dealkylation sites (tertiary alicyclic amines) is 1. The van der Waals surface area contributed by atoms with Crippen LogP contribution in [0.25, 0.3) is 6.08 Å². The highest BCUT2D eigenvalue weighted by molar-refractivity contribution is 5.92. The molecule has 1 amide bonds. The molecular formula is C27H33NO4. The van der Waals surface area contributed by atoms with E-state index in [1.165, 1.54) is 0 Å². The second-order valence-electron chi connectivity index (χ2n) is 8.76. The summed E-state index contributed by atoms with van der Waals surface area (Å²) in [6, 6.07) is 15.4. The fraction of sp³-hybridized carbons (Fsp3) is 0.444. The van der Waals surface area contributed by atoms with Crippen molar-refractivity contribution in [1.29, 1.82) is 0 Å². The third-order valence-corrected chi connectivity index (χ3v) is 6.92. The van der Waals surface area contributed by atoms with Crippen molar-refractivity contribution in [2.24, 2.45) is 5.92 Å². The molecule has 1 saturated carbocycles. The maximum atomic E-state index is 13.4. The number of methoxy groups -OCH3 is 1. The zero-order valence-electron chi connectivity index (χ0n) is 19.0. The molecule has 4 rings (SSSR count). The first-order valence-corrected chi connectivity index (χ1v) is 11.6. The minimum absolute atomic E-state index is 0.00458. The molecule has 1 aliphatic carbocycles. The Kier molecular flexibility index (Phi) is 6.85. The highest BCUT2D eigenvalue weighted by atomic mass is 16.5. The van der Waals surface area contributed by atoms with Gasteiger partial charge < -0.3 is 19.5 Å². The molecule has 5 nitrogen and oxygen atoms in total. The van der Waals surface area contributed by atoms with Crippen LogP contribution in [0.5, 0.6) is 11.5 Å². The second-order valence-corrected chi connectivity index (χ2v) is 8.76. The van der Waals surface area contributed by atoms with Crippen molar-refractivity contribution in [2.75, 3.05) is 20.3 Å². The number of hydrogen-bond acceptors (Lipinski definition) is 4. The van der Waals surface area contributed by atoms with E-state index in [0.29, 0.717) is 19.6 Å². The summed E-state index contributed by atoms with van der Waals surface area (Å²) in [7, 11) is 1.64. The van der Waals surface area contributed by atoms with E-state index < -0.39 is 5.60 Å². The molecule has 2 fully saturated rings. The van der Waals surface area contributed by atoms with Gasteiger partial charge in [-0.3, -0.25) is 4.79 Å². The summed E-state index contributed by atoms with van der Waals surface area (Å²) in [5, 5.41) is 11.5. The van der Waals surface area contributed by atoms with E-state index >= 15 is 0 Å². The van der Waals surface area contributed by atoms with Crippen LogP contribution in [0.2, 0.25) is 0 Å². The SMILES string of the molecule is CCOc1ccccc1[C@H]1[C@H]2CCCC[C@]2(O)CCN1C(=O)/C=C/c1ccc(OC)cc1. The minimum Gasteiger partial charge on any atom is -0.497 e. The van der Waals surface area contributed by atoms with Crippen molar-refractivity contribution in [2.45, 2.75) is 50.7 Å². The van der Waals surface area contributed by atoms with E-state index in [0.717, 1.165) is 48.3 Å². The van der Waals surface area contributed by atoms with Gasteiger partial charge in [0.15, 0.2) is 0 Å². The summed E-state index contributed by atoms with van der Waals surface area (Å²) in [5.41, 5.74) is 1.21. The molecular weight excluding hydrogens is 402 g/mol. The van der Waals surface area contributed by atoms with Gasteiger partial charge in [0.25, 0.3) is 0 Å². The van der Waals surface area contributed by atoms with Crippen molar-refractivity contribution in [3.63, 3.8) is 0 Å². The van der Waals surface area contributed by atoms with Crippen LogP contribution in [0.3, 0.4) is 0 Å². The van der Waals surface area contributed by atoms with Crippen LogP contribution in [-0.4, -0.2) is 41.8 Å². The molecule has 5 heteroatoms. The zero-order valence-corrected chi connectivity index (χ0v) is 19.0. The number of rotatable bonds is 6. The van der Waals surface area contributed by atoms with E-state index in [1.54, 1.807) is 13.2 Å². The van der Waals surface area contributed by atoms with Gasteiger partial charge in [-0.05, 0) is 56.0 Å². The number of carbonyl (C=O) groups excluding carboxylic acids is 1. The molecule has 32 heavy (non-hydrogen) atoms. The summed E-state index contributed by atoms with van der Waals surface area (Å²) in [4.78, 5) is 15.4. The number of benzene rings is 2. The summed E-state index contributed by atoms with van der Waals surface area (Å²) in [5.74, 6) is 1.55. The number of amides is 1. The molecule has 2 aromatic carbocycles. The average Bonchev–Trinajstić information content (AvgIpc) is 2.82. The minimum atomic E-state index is -0.723. The molecule has 170 valence electrons. The lowest BCUT2D eigenvalue weighted by Crippen LogP contribution is -2.56. The molecule has 1 saturated heterocycles. The van der Waals surface area contributed by atoms with Crippen molar-refractivity contribution in [3.05, 3.63) is 65.7 Å². The van der Waals surface area contributed by atoms with Crippen LogP contribution in [0.15, 0.2) is 54.6 Å². The van der Waals surface area contributed by atoms with Crippen LogP contribution in [0.4, 0.5) is 0 Å². The lowest BCUT2D eigenvalue weighted by Gasteiger charge is -2.52. The normalized spacial score (nSPS) is 25.4. The number of para-hydroxylation sites is 1. The van der Waals surface area contributed by atoms with Gasteiger partial charge in [0, 0.05) is 24.1 Å². The van der Waals surface area contributed by atoms with Crippen molar-refractivity contribution in [3.8, 4) is 11.5 Å². The van der Waals surface area contributed by atoms with Crippen molar-refractivity contribution in [1.82, 2.24) is 4.90 Å². The molecule has 1 aliphatic heterocycles. The first kappa shape index (κ1) is 22.4. The summed E-state index contributed by atoms with van der Waals surface area (Å²) < 4.78 is 11.1. The van der Waals surface area contributed by atoms with Crippen molar-refractivity contribution < 1.29 is 19.4 Å². The third-order valence-electron chi connectivity index (χ3n) is 6.92. The fourth-order valence-corrected chi connectivity index (χ4v) is 5.30. The Labute approximate surface area is 190 Å². The van der Waals surface area contributed by atoms with Crippen LogP contribution in [-0.2, 0) is 4.79 Å². The Hall–Kier alpha value is -2.79. The molecule has 0 unspecified atom stereocenters. The molecule has 2 aliphatic rings. The molecule has 0 aromatic heterocycles. The molecule has 1 N–H and O–H groups in total. The van der Waals surface area contributed by atoms with Gasteiger partial charge in [0.2, 0.25) is 5.91 Å². The zero-order chi connectivity index (χ0) is 22.6. The number of fused-ring (bicyclic) bond motifs is 1. The highest BCUT2D eigenvalue weighted by Crippen LogP contribution is 2.50. The maximum absolute atomic E-state index is 13.4. The third kappa shape index (κ3) is 4.53. The fourth-order valence-electron chi connectivity index (χ4n) is 5.30. The molecule has 0 radical (unpaired) electrons. The predicted octanol–water partition coefficient (Wildman–Crippen LogP) is 5.00. The van der Waals surface area contributed by atoms with Gasteiger partial charge in [-0.15, -0.1) is 0 Å². The lowest BCUT2D eigenvalue weighted by molar-refractivity contribution is -0.151. The smallest absolute Gasteiger partial charge is 0.247 e. The number of piperidine rings is 1. The molecule has 1 heterocycles. The predicted molar refractivity (Wildman–Crippen MR) is 126 cm³/mol. The van der Waals surface area contributed by atoms with Crippen LogP contribution in [0.1, 0.15) is 56.2 Å². The Bertz CT molecular complexity index is 954. The summed E-state index contributed by atoms with van der Waals surface area (Å²) in [6.45, 7) is 3.06. The van der Waals surface area contributed by atoms with Gasteiger partial charge in [-0.1, -0.05) is 43.2 Å². The molecule has 0 spiro atoms. The largest absolute Gasteiger partial charge is 0.497 e. The number of carbonyl (C=O) groups is 1. The highest BCUT2D eigenvalue weighted by Gasteiger charge is 2.50. The van der Waals surface area contributed by atoms with Gasteiger partial charge in [0.1, 0.15) is 11.5 Å². The topological polar surface area (TPSA) is 59.0 Å². The van der Waals surface area contributed by atoms with Crippen LogP contribution in [0, 0.1) is 5.92 Å². The quantitative estimate of drug-likeness (QED) is 0.649. The lowest BCUT2D eigenvalue weighted by atomic mass is 9.66. The maximum Gasteiger partial charge on any atom is 0.247 e. The van der Waals surface area contributed by atoms with E-state index in [-0.39, 0.29) is 17.9 Å². The Morgan fingerprint density at radius 1 is 1.16 bits per heavy atom. The monoisotopic (exact) mass is 435 g/mol. The number of aliphatic hydroxyl groups is 1. The average molecular weight is 436 g/mol. The first-order chi connectivity index (χ1) is 15.6. The number of ether oxygens (including phenoxy) is 2. The van der Waals surface area contributed by atoms with E-state index in [4.69, 9.17) is 9.47 Å². The summed E-state index contributed by atoms with van der Waals surface area (Å²) in [6.07, 6.45) is 7.93. The van der Waals surface area contributed by atoms with Gasteiger partial charge in [-0.25, -0.2) is 0 Å². The number of hydrogen-bond donors (Lipinski definition) is 1. The Morgan fingerprint density at radius 2 is 1.94 bits per heavy atom. The first-order valence-electron chi connectivity index (χ1n) is 11.6. The van der Waals surface area contributed by atoms with Gasteiger partial charge in [0.05, 0.1) is 25.4 Å². The van der Waals surface area contributed by atoms with E-state index in [1.807, 2.05) is 66.4 Å². The van der Waals surface area contributed by atoms with Crippen LogP contribution >= 0.6 is 0 Å². The van der Waals surface area contributed by atoms with E-state index in [2.05, 4.69) is 0 Å². The van der Waals surface area contributed by atoms with Gasteiger partial charge >= 0.3 is 0 Å². The van der Waals surface area contributed by atoms with Gasteiger partial charge in [-0.2, -0.15) is 0 Å². The Morgan fingerprint density at radius 3 is 2.69 bits per heavy atom. The molecule has 3 atom stereocenters. The standard InChI is InChI=1S/C27H33NO4/c1-3-32-24-10-5-4-8-22(24)26-23-9-6-7-17-27(23,30)18-19-28(26)25(29)16-13-20-11-14-21(31-2)15-12-20/h4-5,8,10-16,23,26,30H,3,6-7,9,17-19H2,1-2H3/b16-13+/t23-,26+,27+/m1/s1. The summed E-state index contributed by atoms with van der Waals surface area (Å²) >= 11 is 0. The van der Waals surface area contributed by atoms with Crippen LogP contribution < -0.4 is 9.47 Å².